The molecule has 17 heavy (non-hydrogen) atoms. The van der Waals surface area contributed by atoms with Gasteiger partial charge in [-0.05, 0) is 18.1 Å². The van der Waals surface area contributed by atoms with Crippen LogP contribution in [0.5, 0.6) is 0 Å². The zero-order valence-electron chi connectivity index (χ0n) is 10.0. The monoisotopic (exact) mass is 232 g/mol. The van der Waals surface area contributed by atoms with Crippen LogP contribution in [0.1, 0.15) is 34.6 Å². The Kier molecular flexibility index (Phi) is 2.98. The smallest absolute Gasteiger partial charge is 0.261 e. The van der Waals surface area contributed by atoms with E-state index in [4.69, 9.17) is 5.73 Å². The van der Waals surface area contributed by atoms with E-state index < -0.39 is 0 Å². The van der Waals surface area contributed by atoms with Crippen molar-refractivity contribution in [3.05, 3.63) is 35.4 Å². The highest BCUT2D eigenvalue weighted by atomic mass is 16.2. The first-order valence-electron chi connectivity index (χ1n) is 5.75. The van der Waals surface area contributed by atoms with Gasteiger partial charge < -0.3 is 5.73 Å². The van der Waals surface area contributed by atoms with E-state index in [2.05, 4.69) is 0 Å². The fourth-order valence-corrected chi connectivity index (χ4v) is 2.18. The van der Waals surface area contributed by atoms with Gasteiger partial charge in [-0.15, -0.1) is 0 Å². The van der Waals surface area contributed by atoms with Crippen molar-refractivity contribution in [3.63, 3.8) is 0 Å². The molecule has 1 aromatic carbocycles. The van der Waals surface area contributed by atoms with Crippen molar-refractivity contribution in [3.8, 4) is 0 Å². The van der Waals surface area contributed by atoms with E-state index in [1.165, 1.54) is 4.90 Å². The van der Waals surface area contributed by atoms with Crippen LogP contribution in [0.2, 0.25) is 0 Å². The van der Waals surface area contributed by atoms with Crippen LogP contribution in [-0.2, 0) is 0 Å². The van der Waals surface area contributed by atoms with Crippen LogP contribution in [0.25, 0.3) is 0 Å². The fourth-order valence-electron chi connectivity index (χ4n) is 2.18. The van der Waals surface area contributed by atoms with Gasteiger partial charge in [-0.25, -0.2) is 0 Å². The number of benzene rings is 1. The van der Waals surface area contributed by atoms with Gasteiger partial charge in [-0.3, -0.25) is 14.5 Å². The van der Waals surface area contributed by atoms with Crippen LogP contribution >= 0.6 is 0 Å². The maximum atomic E-state index is 12.2. The van der Waals surface area contributed by atoms with Crippen LogP contribution in [0.15, 0.2) is 24.3 Å². The molecular weight excluding hydrogens is 216 g/mol. The van der Waals surface area contributed by atoms with Gasteiger partial charge in [-0.2, -0.15) is 0 Å². The summed E-state index contributed by atoms with van der Waals surface area (Å²) in [5.74, 6) is -0.299. The van der Waals surface area contributed by atoms with E-state index in [1.54, 1.807) is 24.3 Å². The normalized spacial score (nSPS) is 16.6. The second kappa shape index (κ2) is 4.30. The number of nitrogens with two attached hydrogens (primary N) is 1. The molecule has 2 amide bonds. The third-order valence-corrected chi connectivity index (χ3v) is 3.17. The number of amides is 2. The number of rotatable bonds is 3. The predicted molar refractivity (Wildman–Crippen MR) is 64.6 cm³/mol. The molecule has 0 saturated carbocycles. The van der Waals surface area contributed by atoms with E-state index in [0.29, 0.717) is 17.7 Å². The SMILES string of the molecule is CC(C)C(CN)N1C(=O)c2ccccc2C1=O. The first-order chi connectivity index (χ1) is 8.07. The van der Waals surface area contributed by atoms with Crippen LogP contribution in [0, 0.1) is 5.92 Å². The molecule has 1 heterocycles. The predicted octanol–water partition coefficient (Wildman–Crippen LogP) is 1.27. The lowest BCUT2D eigenvalue weighted by molar-refractivity contribution is 0.0548. The van der Waals surface area contributed by atoms with Crippen LogP contribution in [-0.4, -0.2) is 29.3 Å². The molecule has 1 aromatic rings. The van der Waals surface area contributed by atoms with Gasteiger partial charge in [0.05, 0.1) is 17.2 Å². The van der Waals surface area contributed by atoms with E-state index in [0.717, 1.165) is 0 Å². The minimum atomic E-state index is -0.234. The average molecular weight is 232 g/mol. The Morgan fingerprint density at radius 2 is 1.59 bits per heavy atom. The molecule has 1 atom stereocenters. The molecule has 0 radical (unpaired) electrons. The third-order valence-electron chi connectivity index (χ3n) is 3.17. The van der Waals surface area contributed by atoms with Crippen LogP contribution < -0.4 is 5.73 Å². The van der Waals surface area contributed by atoms with Gasteiger partial charge in [-0.1, -0.05) is 26.0 Å². The fraction of sp³-hybridized carbons (Fsp3) is 0.385. The van der Waals surface area contributed by atoms with E-state index in [-0.39, 0.29) is 23.8 Å². The zero-order valence-corrected chi connectivity index (χ0v) is 10.0. The Morgan fingerprint density at radius 1 is 1.12 bits per heavy atom. The van der Waals surface area contributed by atoms with Gasteiger partial charge in [0.15, 0.2) is 0 Å². The first kappa shape index (κ1) is 11.8. The molecule has 1 unspecified atom stereocenters. The Hall–Kier alpha value is -1.68. The molecule has 4 heteroatoms. The van der Waals surface area contributed by atoms with Crippen LogP contribution in [0.4, 0.5) is 0 Å². The van der Waals surface area contributed by atoms with Crippen molar-refractivity contribution in [2.45, 2.75) is 19.9 Å². The Morgan fingerprint density at radius 3 is 1.94 bits per heavy atom. The molecule has 0 aliphatic carbocycles. The van der Waals surface area contributed by atoms with Crippen molar-refractivity contribution >= 4 is 11.8 Å². The summed E-state index contributed by atoms with van der Waals surface area (Å²) in [6.45, 7) is 4.21. The highest BCUT2D eigenvalue weighted by Gasteiger charge is 2.40. The van der Waals surface area contributed by atoms with Crippen molar-refractivity contribution in [1.29, 1.82) is 0 Å². The Bertz CT molecular complexity index is 433. The number of hydrogen-bond acceptors (Lipinski definition) is 3. The number of hydrogen-bond donors (Lipinski definition) is 1. The average Bonchev–Trinajstić information content (AvgIpc) is 2.56. The second-order valence-electron chi connectivity index (χ2n) is 4.57. The van der Waals surface area contributed by atoms with Crippen molar-refractivity contribution in [2.24, 2.45) is 11.7 Å². The minimum absolute atomic E-state index is 0.155. The number of imide groups is 1. The van der Waals surface area contributed by atoms with Crippen molar-refractivity contribution in [2.75, 3.05) is 6.54 Å². The molecule has 0 bridgehead atoms. The largest absolute Gasteiger partial charge is 0.328 e. The molecule has 0 saturated heterocycles. The summed E-state index contributed by atoms with van der Waals surface area (Å²) in [4.78, 5) is 25.6. The van der Waals surface area contributed by atoms with Gasteiger partial charge in [0.2, 0.25) is 0 Å². The lowest BCUT2D eigenvalue weighted by Crippen LogP contribution is -2.47. The Labute approximate surface area is 100 Å². The molecule has 0 aromatic heterocycles. The molecule has 1 aliphatic rings. The maximum Gasteiger partial charge on any atom is 0.261 e. The standard InChI is InChI=1S/C13H16N2O2/c1-8(2)11(7-14)15-12(16)9-5-3-4-6-10(9)13(15)17/h3-6,8,11H,7,14H2,1-2H3. The van der Waals surface area contributed by atoms with Crippen LogP contribution in [0.3, 0.4) is 0 Å². The quantitative estimate of drug-likeness (QED) is 0.798. The summed E-state index contributed by atoms with van der Waals surface area (Å²) in [6, 6.07) is 6.66. The maximum absolute atomic E-state index is 12.2. The van der Waals surface area contributed by atoms with E-state index in [1.807, 2.05) is 13.8 Å². The molecule has 0 spiro atoms. The number of carbonyl (C=O) groups is 2. The number of nitrogens with zero attached hydrogens (tertiary/aromatic N) is 1. The second-order valence-corrected chi connectivity index (χ2v) is 4.57. The summed E-state index contributed by atoms with van der Waals surface area (Å²) < 4.78 is 0. The lowest BCUT2D eigenvalue weighted by atomic mass is 10.0. The van der Waals surface area contributed by atoms with Gasteiger partial charge in [0, 0.05) is 6.54 Å². The third kappa shape index (κ3) is 1.74. The molecule has 4 nitrogen and oxygen atoms in total. The van der Waals surface area contributed by atoms with Crippen molar-refractivity contribution in [1.82, 2.24) is 4.90 Å². The number of carbonyl (C=O) groups excluding carboxylic acids is 2. The van der Waals surface area contributed by atoms with Gasteiger partial charge >= 0.3 is 0 Å². The highest BCUT2D eigenvalue weighted by Crippen LogP contribution is 2.26. The van der Waals surface area contributed by atoms with Gasteiger partial charge in [0.25, 0.3) is 11.8 Å². The molecule has 0 fully saturated rings. The molecular formula is C13H16N2O2. The minimum Gasteiger partial charge on any atom is -0.328 e. The van der Waals surface area contributed by atoms with E-state index >= 15 is 0 Å². The Balaban J connectivity index is 2.42. The van der Waals surface area contributed by atoms with E-state index in [9.17, 15) is 9.59 Å². The zero-order chi connectivity index (χ0) is 12.6. The summed E-state index contributed by atoms with van der Waals surface area (Å²) in [5.41, 5.74) is 6.63. The summed E-state index contributed by atoms with van der Waals surface area (Å²) in [7, 11) is 0. The summed E-state index contributed by atoms with van der Waals surface area (Å²) in [5, 5.41) is 0. The van der Waals surface area contributed by atoms with Gasteiger partial charge in [0.1, 0.15) is 0 Å². The molecule has 2 N–H and O–H groups in total. The topological polar surface area (TPSA) is 63.4 Å². The molecule has 2 rings (SSSR count). The first-order valence-corrected chi connectivity index (χ1v) is 5.75. The highest BCUT2D eigenvalue weighted by molar-refractivity contribution is 6.21. The molecule has 1 aliphatic heterocycles. The summed E-state index contributed by atoms with van der Waals surface area (Å²) in [6.07, 6.45) is 0. The lowest BCUT2D eigenvalue weighted by Gasteiger charge is -2.28. The summed E-state index contributed by atoms with van der Waals surface area (Å²) >= 11 is 0. The van der Waals surface area contributed by atoms with Crippen molar-refractivity contribution < 1.29 is 9.59 Å². The number of fused-ring (bicyclic) bond motifs is 1. The molecule has 90 valence electrons.